The highest BCUT2D eigenvalue weighted by Gasteiger charge is 2.64. The third kappa shape index (κ3) is 2.44. The van der Waals surface area contributed by atoms with Gasteiger partial charge in [0.2, 0.25) is 0 Å². The van der Waals surface area contributed by atoms with Crippen molar-refractivity contribution in [3.63, 3.8) is 0 Å². The molecule has 0 heterocycles. The van der Waals surface area contributed by atoms with Gasteiger partial charge >= 0.3 is 0 Å². The van der Waals surface area contributed by atoms with E-state index in [0.717, 1.165) is 24.7 Å². The Kier molecular flexibility index (Phi) is 4.61. The quantitative estimate of drug-likeness (QED) is 0.670. The summed E-state index contributed by atoms with van der Waals surface area (Å²) in [5.74, 6) is -0.155. The molecule has 4 heteroatoms. The van der Waals surface area contributed by atoms with Crippen molar-refractivity contribution in [1.82, 2.24) is 0 Å². The van der Waals surface area contributed by atoms with E-state index in [1.807, 2.05) is 19.9 Å². The summed E-state index contributed by atoms with van der Waals surface area (Å²) in [5.41, 5.74) is -0.412. The van der Waals surface area contributed by atoms with Crippen molar-refractivity contribution in [2.75, 3.05) is 0 Å². The summed E-state index contributed by atoms with van der Waals surface area (Å²) in [5, 5.41) is 9.59. The van der Waals surface area contributed by atoms with E-state index >= 15 is 0 Å². The second-order valence-electron chi connectivity index (χ2n) is 10.4. The maximum absolute atomic E-state index is 13.2. The van der Waals surface area contributed by atoms with Crippen molar-refractivity contribution < 1.29 is 14.4 Å². The van der Waals surface area contributed by atoms with E-state index in [1.54, 1.807) is 6.08 Å². The molecular weight excluding hydrogens is 350 g/mol. The Morgan fingerprint density at radius 1 is 1.18 bits per heavy atom. The molecule has 0 aliphatic heterocycles. The summed E-state index contributed by atoms with van der Waals surface area (Å²) in [4.78, 5) is 37.0. The summed E-state index contributed by atoms with van der Waals surface area (Å²) in [6.07, 6.45) is 7.24. The van der Waals surface area contributed by atoms with Crippen molar-refractivity contribution in [3.05, 3.63) is 23.3 Å². The molecule has 0 N–H and O–H groups in total. The lowest BCUT2D eigenvalue weighted by Crippen LogP contribution is -2.59. The average molecular weight is 382 g/mol. The van der Waals surface area contributed by atoms with Crippen LogP contribution in [-0.2, 0) is 14.4 Å². The number of ketones is 2. The van der Waals surface area contributed by atoms with E-state index in [2.05, 4.69) is 33.8 Å². The Balaban J connectivity index is 2.23. The van der Waals surface area contributed by atoms with Crippen LogP contribution in [0.2, 0.25) is 0 Å². The van der Waals surface area contributed by atoms with Gasteiger partial charge < -0.3 is 4.79 Å². The number of hydrogen-bond donors (Lipinski definition) is 0. The first-order valence-corrected chi connectivity index (χ1v) is 10.3. The van der Waals surface area contributed by atoms with Crippen LogP contribution in [0.3, 0.4) is 0 Å². The molecule has 0 radical (unpaired) electrons. The zero-order valence-corrected chi connectivity index (χ0v) is 17.9. The van der Waals surface area contributed by atoms with E-state index in [9.17, 15) is 19.6 Å². The third-order valence-electron chi connectivity index (χ3n) is 8.59. The summed E-state index contributed by atoms with van der Waals surface area (Å²) in [6, 6.07) is 2.10. The van der Waals surface area contributed by atoms with E-state index in [0.29, 0.717) is 12.8 Å². The van der Waals surface area contributed by atoms with E-state index in [1.165, 1.54) is 0 Å². The monoisotopic (exact) mass is 381 g/mol. The highest BCUT2D eigenvalue weighted by molar-refractivity contribution is 6.04. The second kappa shape index (κ2) is 6.24. The minimum Gasteiger partial charge on any atom is -0.303 e. The van der Waals surface area contributed by atoms with Gasteiger partial charge in [-0.25, -0.2) is 0 Å². The zero-order valence-electron chi connectivity index (χ0n) is 17.9. The van der Waals surface area contributed by atoms with Gasteiger partial charge in [0.1, 0.15) is 12.4 Å². The predicted octanol–water partition coefficient (Wildman–Crippen LogP) is 4.60. The van der Waals surface area contributed by atoms with Crippen molar-refractivity contribution in [3.8, 4) is 6.07 Å². The number of rotatable bonds is 3. The van der Waals surface area contributed by atoms with Crippen LogP contribution in [0.4, 0.5) is 0 Å². The van der Waals surface area contributed by atoms with Crippen LogP contribution in [0.15, 0.2) is 23.3 Å². The molecule has 1 saturated carbocycles. The molecule has 28 heavy (non-hydrogen) atoms. The lowest BCUT2D eigenvalue weighted by molar-refractivity contribution is -0.136. The number of nitrogens with zero attached hydrogens (tertiary/aromatic N) is 1. The minimum absolute atomic E-state index is 0.0547. The van der Waals surface area contributed by atoms with Gasteiger partial charge in [0.15, 0.2) is 11.6 Å². The largest absolute Gasteiger partial charge is 0.303 e. The molecule has 0 spiro atoms. The van der Waals surface area contributed by atoms with Gasteiger partial charge in [-0.2, -0.15) is 5.26 Å². The number of carbonyl (C=O) groups is 3. The molecule has 0 aromatic heterocycles. The Bertz CT molecular complexity index is 854. The molecule has 0 saturated heterocycles. The number of allylic oxidation sites excluding steroid dienone is 4. The third-order valence-corrected chi connectivity index (χ3v) is 8.59. The molecule has 0 bridgehead atoms. The predicted molar refractivity (Wildman–Crippen MR) is 107 cm³/mol. The molecule has 3 aliphatic carbocycles. The topological polar surface area (TPSA) is 75.0 Å². The Morgan fingerprint density at radius 3 is 2.39 bits per heavy atom. The number of aldehydes is 1. The van der Waals surface area contributed by atoms with Crippen LogP contribution >= 0.6 is 0 Å². The van der Waals surface area contributed by atoms with Gasteiger partial charge in [0.25, 0.3) is 0 Å². The van der Waals surface area contributed by atoms with Crippen LogP contribution < -0.4 is 0 Å². The zero-order chi connectivity index (χ0) is 21.1. The molecule has 0 aromatic rings. The lowest BCUT2D eigenvalue weighted by atomic mass is 9.39. The van der Waals surface area contributed by atoms with Gasteiger partial charge in [-0.3, -0.25) is 9.59 Å². The molecule has 150 valence electrons. The normalized spacial score (nSPS) is 38.5. The first kappa shape index (κ1) is 20.7. The highest BCUT2D eigenvalue weighted by Crippen LogP contribution is 2.69. The number of nitriles is 1. The van der Waals surface area contributed by atoms with Crippen LogP contribution in [-0.4, -0.2) is 17.9 Å². The summed E-state index contributed by atoms with van der Waals surface area (Å²) in [7, 11) is 0. The smallest absolute Gasteiger partial charge is 0.178 e. The van der Waals surface area contributed by atoms with Crippen LogP contribution in [0, 0.1) is 44.8 Å². The van der Waals surface area contributed by atoms with Crippen LogP contribution in [0.25, 0.3) is 0 Å². The fraction of sp³-hybridized carbons (Fsp3) is 0.667. The van der Waals surface area contributed by atoms with Gasteiger partial charge in [-0.1, -0.05) is 53.2 Å². The van der Waals surface area contributed by atoms with Gasteiger partial charge in [-0.05, 0) is 42.1 Å². The fourth-order valence-electron chi connectivity index (χ4n) is 6.60. The molecular formula is C24H31NO3. The molecule has 3 aliphatic rings. The number of Topliss-reactive ketones (excluding diaryl/α,β-unsaturated/α-hetero) is 1. The van der Waals surface area contributed by atoms with Crippen molar-refractivity contribution in [2.24, 2.45) is 33.5 Å². The van der Waals surface area contributed by atoms with E-state index < -0.39 is 10.8 Å². The van der Waals surface area contributed by atoms with E-state index in [4.69, 9.17) is 0 Å². The summed E-state index contributed by atoms with van der Waals surface area (Å²) in [6.45, 7) is 12.5. The fourth-order valence-corrected chi connectivity index (χ4v) is 6.60. The molecule has 0 amide bonds. The number of hydrogen-bond acceptors (Lipinski definition) is 4. The molecule has 1 fully saturated rings. The maximum Gasteiger partial charge on any atom is 0.178 e. The standard InChI is InChI=1S/C24H31NO3/c1-21(2)18-9-10-24(6)19(23(18,5)13-15(14-25)20(21)28)12-17(27)16(8-7-11-26)22(24,3)4/h11-13,16,18H,7-10H2,1-6H3/t16-,18-,23-,24?/m0/s1. The summed E-state index contributed by atoms with van der Waals surface area (Å²) >= 11 is 0. The first-order chi connectivity index (χ1) is 12.9. The Morgan fingerprint density at radius 2 is 1.82 bits per heavy atom. The first-order valence-electron chi connectivity index (χ1n) is 10.3. The lowest BCUT2D eigenvalue weighted by Gasteiger charge is -2.63. The molecule has 3 rings (SSSR count). The molecule has 0 aromatic carbocycles. The Labute approximate surface area is 168 Å². The number of carbonyl (C=O) groups excluding carboxylic acids is 3. The van der Waals surface area contributed by atoms with Gasteiger partial charge in [0.05, 0.1) is 5.57 Å². The van der Waals surface area contributed by atoms with Crippen molar-refractivity contribution >= 4 is 17.9 Å². The highest BCUT2D eigenvalue weighted by atomic mass is 16.1. The van der Waals surface area contributed by atoms with Gasteiger partial charge in [-0.15, -0.1) is 0 Å². The van der Waals surface area contributed by atoms with Crippen molar-refractivity contribution in [2.45, 2.75) is 67.2 Å². The van der Waals surface area contributed by atoms with Crippen LogP contribution in [0.1, 0.15) is 67.2 Å². The molecule has 4 atom stereocenters. The summed E-state index contributed by atoms with van der Waals surface area (Å²) < 4.78 is 0. The average Bonchev–Trinajstić information content (AvgIpc) is 2.60. The molecule has 1 unspecified atom stereocenters. The SMILES string of the molecule is CC1(C)C(=O)C(C#N)=C[C@]2(C)C3=CC(=O)[C@H](CCC=O)C(C)(C)C3(C)CC[C@@H]12. The Hall–Kier alpha value is -2.02. The minimum atomic E-state index is -0.641. The maximum atomic E-state index is 13.2. The van der Waals surface area contributed by atoms with Crippen LogP contribution in [0.5, 0.6) is 0 Å². The van der Waals surface area contributed by atoms with Crippen molar-refractivity contribution in [1.29, 1.82) is 5.26 Å². The van der Waals surface area contributed by atoms with Gasteiger partial charge in [0, 0.05) is 23.2 Å². The van der Waals surface area contributed by atoms with E-state index in [-0.39, 0.29) is 39.8 Å². The number of fused-ring (bicyclic) bond motifs is 3. The second-order valence-corrected chi connectivity index (χ2v) is 10.4. The molecule has 4 nitrogen and oxygen atoms in total.